The molecule has 110 valence electrons. The fourth-order valence-electron chi connectivity index (χ4n) is 3.51. The van der Waals surface area contributed by atoms with Crippen molar-refractivity contribution in [3.8, 4) is 0 Å². The maximum atomic E-state index is 12.5. The summed E-state index contributed by atoms with van der Waals surface area (Å²) < 4.78 is 0. The molecule has 2 aliphatic rings. The van der Waals surface area contributed by atoms with E-state index in [1.807, 2.05) is 11.3 Å². The van der Waals surface area contributed by atoms with Crippen molar-refractivity contribution in [2.45, 2.75) is 38.6 Å². The molecule has 0 spiro atoms. The van der Waals surface area contributed by atoms with Gasteiger partial charge in [-0.1, -0.05) is 13.0 Å². The first-order chi connectivity index (χ1) is 9.74. The van der Waals surface area contributed by atoms with E-state index in [9.17, 15) is 4.79 Å². The molecule has 0 radical (unpaired) electrons. The lowest BCUT2D eigenvalue weighted by Gasteiger charge is -2.33. The van der Waals surface area contributed by atoms with E-state index in [1.165, 1.54) is 30.6 Å². The average molecular weight is 292 g/mol. The van der Waals surface area contributed by atoms with Crippen molar-refractivity contribution in [2.24, 2.45) is 5.92 Å². The Labute approximate surface area is 125 Å². The number of carbonyl (C=O) groups is 1. The monoisotopic (exact) mass is 292 g/mol. The lowest BCUT2D eigenvalue weighted by atomic mass is 10.0. The van der Waals surface area contributed by atoms with E-state index in [4.69, 9.17) is 0 Å². The second kappa shape index (κ2) is 6.27. The molecule has 1 aromatic heterocycles. The van der Waals surface area contributed by atoms with Crippen LogP contribution in [0, 0.1) is 5.92 Å². The number of hydrogen-bond donors (Lipinski definition) is 0. The molecule has 0 bridgehead atoms. The summed E-state index contributed by atoms with van der Waals surface area (Å²) in [6.07, 6.45) is 4.85. The normalized spacial score (nSPS) is 27.9. The second-order valence-corrected chi connectivity index (χ2v) is 7.21. The Morgan fingerprint density at radius 2 is 2.20 bits per heavy atom. The third-order valence-electron chi connectivity index (χ3n) is 4.58. The molecule has 4 heteroatoms. The topological polar surface area (TPSA) is 23.6 Å². The van der Waals surface area contributed by atoms with Crippen LogP contribution in [0.4, 0.5) is 0 Å². The van der Waals surface area contributed by atoms with Gasteiger partial charge in [0.2, 0.25) is 5.91 Å². The van der Waals surface area contributed by atoms with Gasteiger partial charge in [-0.05, 0) is 49.6 Å². The van der Waals surface area contributed by atoms with Crippen molar-refractivity contribution in [3.63, 3.8) is 0 Å². The van der Waals surface area contributed by atoms with Gasteiger partial charge in [0, 0.05) is 24.0 Å². The molecule has 3 rings (SSSR count). The molecule has 3 nitrogen and oxygen atoms in total. The number of piperidine rings is 1. The molecule has 0 N–H and O–H groups in total. The molecule has 2 saturated heterocycles. The molecule has 3 heterocycles. The fraction of sp³-hybridized carbons (Fsp3) is 0.688. The molecule has 0 saturated carbocycles. The number of hydrogen-bond acceptors (Lipinski definition) is 3. The quantitative estimate of drug-likeness (QED) is 0.854. The number of carbonyl (C=O) groups excluding carboxylic acids is 1. The van der Waals surface area contributed by atoms with Crippen LogP contribution in [0.1, 0.15) is 43.5 Å². The highest BCUT2D eigenvalue weighted by atomic mass is 32.1. The molecule has 0 unspecified atom stereocenters. The Balaban J connectivity index is 1.60. The lowest BCUT2D eigenvalue weighted by Crippen LogP contribution is -2.44. The van der Waals surface area contributed by atoms with Gasteiger partial charge in [0.15, 0.2) is 0 Å². The van der Waals surface area contributed by atoms with Gasteiger partial charge in [-0.3, -0.25) is 9.69 Å². The smallest absolute Gasteiger partial charge is 0.236 e. The highest BCUT2D eigenvalue weighted by Gasteiger charge is 2.30. The Kier molecular flexibility index (Phi) is 4.41. The average Bonchev–Trinajstić information content (AvgIpc) is 3.08. The van der Waals surface area contributed by atoms with Crippen LogP contribution in [0.15, 0.2) is 17.5 Å². The molecular weight excluding hydrogens is 268 g/mol. The minimum Gasteiger partial charge on any atom is -0.341 e. The SMILES string of the molecule is C[C@H]1CCCN(C(=O)CN2CCC[C@H]2c2cccs2)C1. The third-order valence-corrected chi connectivity index (χ3v) is 5.56. The minimum absolute atomic E-state index is 0.333. The standard InChI is InChI=1S/C16H24N2OS/c1-13-5-2-9-18(11-13)16(19)12-17-8-3-6-14(17)15-7-4-10-20-15/h4,7,10,13-14H,2-3,5-6,8-9,11-12H2,1H3/t13-,14-/m0/s1. The first-order valence-corrected chi connectivity index (χ1v) is 8.67. The van der Waals surface area contributed by atoms with Gasteiger partial charge in [0.1, 0.15) is 0 Å². The Morgan fingerprint density at radius 1 is 1.35 bits per heavy atom. The summed E-state index contributed by atoms with van der Waals surface area (Å²) >= 11 is 1.82. The van der Waals surface area contributed by atoms with Crippen LogP contribution in [-0.4, -0.2) is 41.9 Å². The molecule has 1 aromatic rings. The molecule has 1 amide bonds. The maximum absolute atomic E-state index is 12.5. The predicted molar refractivity (Wildman–Crippen MR) is 82.8 cm³/mol. The summed E-state index contributed by atoms with van der Waals surface area (Å²) in [7, 11) is 0. The van der Waals surface area contributed by atoms with Crippen LogP contribution in [0.25, 0.3) is 0 Å². The van der Waals surface area contributed by atoms with Crippen LogP contribution in [0.5, 0.6) is 0 Å². The van der Waals surface area contributed by atoms with Gasteiger partial charge in [-0.15, -0.1) is 11.3 Å². The van der Waals surface area contributed by atoms with Crippen LogP contribution in [0.3, 0.4) is 0 Å². The Bertz CT molecular complexity index is 445. The van der Waals surface area contributed by atoms with Gasteiger partial charge < -0.3 is 4.90 Å². The predicted octanol–water partition coefficient (Wildman–Crippen LogP) is 3.14. The summed E-state index contributed by atoms with van der Waals surface area (Å²) in [5.41, 5.74) is 0. The summed E-state index contributed by atoms with van der Waals surface area (Å²) in [5, 5.41) is 2.14. The van der Waals surface area contributed by atoms with Crippen molar-refractivity contribution in [3.05, 3.63) is 22.4 Å². The summed E-state index contributed by atoms with van der Waals surface area (Å²) in [4.78, 5) is 18.4. The van der Waals surface area contributed by atoms with E-state index < -0.39 is 0 Å². The van der Waals surface area contributed by atoms with E-state index in [2.05, 4.69) is 34.2 Å². The lowest BCUT2D eigenvalue weighted by molar-refractivity contribution is -0.134. The van der Waals surface area contributed by atoms with Crippen molar-refractivity contribution in [1.82, 2.24) is 9.80 Å². The number of amides is 1. The van der Waals surface area contributed by atoms with Gasteiger partial charge in [-0.25, -0.2) is 0 Å². The van der Waals surface area contributed by atoms with Crippen LogP contribution in [0.2, 0.25) is 0 Å². The number of rotatable bonds is 3. The first kappa shape index (κ1) is 14.1. The number of likely N-dealkylation sites (tertiary alicyclic amines) is 2. The third kappa shape index (κ3) is 3.07. The van der Waals surface area contributed by atoms with E-state index in [0.717, 1.165) is 19.6 Å². The molecule has 0 aromatic carbocycles. The largest absolute Gasteiger partial charge is 0.341 e. The van der Waals surface area contributed by atoms with Gasteiger partial charge in [-0.2, -0.15) is 0 Å². The summed E-state index contributed by atoms with van der Waals surface area (Å²) in [6.45, 7) is 5.84. The van der Waals surface area contributed by atoms with Crippen LogP contribution >= 0.6 is 11.3 Å². The van der Waals surface area contributed by atoms with Crippen molar-refractivity contribution in [2.75, 3.05) is 26.2 Å². The van der Waals surface area contributed by atoms with Crippen molar-refractivity contribution < 1.29 is 4.79 Å². The van der Waals surface area contributed by atoms with E-state index >= 15 is 0 Å². The Hall–Kier alpha value is -0.870. The summed E-state index contributed by atoms with van der Waals surface area (Å²) in [6, 6.07) is 4.80. The molecule has 20 heavy (non-hydrogen) atoms. The van der Waals surface area contributed by atoms with Gasteiger partial charge >= 0.3 is 0 Å². The molecular formula is C16H24N2OS. The Morgan fingerprint density at radius 3 is 2.95 bits per heavy atom. The molecule has 2 aliphatic heterocycles. The highest BCUT2D eigenvalue weighted by molar-refractivity contribution is 7.10. The second-order valence-electron chi connectivity index (χ2n) is 6.23. The van der Waals surface area contributed by atoms with Crippen molar-refractivity contribution in [1.29, 1.82) is 0 Å². The van der Waals surface area contributed by atoms with Crippen LogP contribution in [-0.2, 0) is 4.79 Å². The fourth-order valence-corrected chi connectivity index (χ4v) is 4.40. The molecule has 2 atom stereocenters. The van der Waals surface area contributed by atoms with Crippen molar-refractivity contribution >= 4 is 17.2 Å². The maximum Gasteiger partial charge on any atom is 0.236 e. The molecule has 0 aliphatic carbocycles. The first-order valence-electron chi connectivity index (χ1n) is 7.79. The van der Waals surface area contributed by atoms with Gasteiger partial charge in [0.25, 0.3) is 0 Å². The van der Waals surface area contributed by atoms with Crippen LogP contribution < -0.4 is 0 Å². The number of thiophene rings is 1. The van der Waals surface area contributed by atoms with E-state index in [1.54, 1.807) is 0 Å². The minimum atomic E-state index is 0.333. The number of nitrogens with zero attached hydrogens (tertiary/aromatic N) is 2. The summed E-state index contributed by atoms with van der Waals surface area (Å²) in [5.74, 6) is 0.999. The van der Waals surface area contributed by atoms with E-state index in [0.29, 0.717) is 24.4 Å². The zero-order valence-corrected chi connectivity index (χ0v) is 13.1. The molecule has 2 fully saturated rings. The zero-order valence-electron chi connectivity index (χ0n) is 12.3. The van der Waals surface area contributed by atoms with E-state index in [-0.39, 0.29) is 0 Å². The zero-order chi connectivity index (χ0) is 13.9. The van der Waals surface area contributed by atoms with Gasteiger partial charge in [0.05, 0.1) is 6.54 Å². The highest BCUT2D eigenvalue weighted by Crippen LogP contribution is 2.34.